The minimum absolute atomic E-state index is 0.121. The quantitative estimate of drug-likeness (QED) is 0.418. The highest BCUT2D eigenvalue weighted by molar-refractivity contribution is 6.05. The summed E-state index contributed by atoms with van der Waals surface area (Å²) in [6.07, 6.45) is 3.24. The van der Waals surface area contributed by atoms with Crippen LogP contribution >= 0.6 is 0 Å². The van der Waals surface area contributed by atoms with E-state index in [2.05, 4.69) is 20.6 Å². The number of hydrogen-bond donors (Lipinski definition) is 3. The van der Waals surface area contributed by atoms with Crippen molar-refractivity contribution in [2.24, 2.45) is 0 Å². The van der Waals surface area contributed by atoms with E-state index in [0.29, 0.717) is 40.0 Å². The monoisotopic (exact) mass is 454 g/mol. The molecular weight excluding hydrogens is 432 g/mol. The number of methoxy groups -OCH3 is 1. The summed E-state index contributed by atoms with van der Waals surface area (Å²) in [7, 11) is 1.60. The number of benzene rings is 2. The maximum Gasteiger partial charge on any atom is 0.255 e. The first kappa shape index (κ1) is 21.2. The molecule has 0 radical (unpaired) electrons. The van der Waals surface area contributed by atoms with Gasteiger partial charge in [-0.05, 0) is 48.9 Å². The molecule has 5 rings (SSSR count). The zero-order chi connectivity index (χ0) is 23.7. The standard InChI is InChI=1S/C25H22N6O3/c1-15-21(24(33)28-18-6-4-12-26-14-18)22(16-8-10-20(34-2)11-9-16)31-25(27-15)29-23(30-31)17-5-3-7-19(32)13-17/h3-14,22,32H,1-2H3,(H,28,33)(H,27,29,30)/t22-/m0/s1. The Balaban J connectivity index is 1.60. The number of aromatic hydroxyl groups is 1. The second kappa shape index (κ2) is 8.70. The van der Waals surface area contributed by atoms with Gasteiger partial charge in [0.25, 0.3) is 5.91 Å². The number of carbonyl (C=O) groups excluding carboxylic acids is 1. The van der Waals surface area contributed by atoms with Crippen molar-refractivity contribution in [1.29, 1.82) is 0 Å². The van der Waals surface area contributed by atoms with Crippen molar-refractivity contribution in [2.75, 3.05) is 17.7 Å². The number of anilines is 2. The Kier molecular flexibility index (Phi) is 5.43. The Morgan fingerprint density at radius 3 is 2.68 bits per heavy atom. The molecule has 170 valence electrons. The number of rotatable bonds is 5. The van der Waals surface area contributed by atoms with Crippen LogP contribution in [0.1, 0.15) is 18.5 Å². The highest BCUT2D eigenvalue weighted by atomic mass is 16.5. The summed E-state index contributed by atoms with van der Waals surface area (Å²) in [6.45, 7) is 1.83. The topological polar surface area (TPSA) is 114 Å². The molecular formula is C25H22N6O3. The number of carbonyl (C=O) groups is 1. The maximum atomic E-state index is 13.5. The summed E-state index contributed by atoms with van der Waals surface area (Å²) >= 11 is 0. The number of pyridine rings is 1. The molecule has 0 spiro atoms. The van der Waals surface area contributed by atoms with Crippen LogP contribution < -0.4 is 15.4 Å². The number of phenolic OH excluding ortho intramolecular Hbond substituents is 1. The fourth-order valence-electron chi connectivity index (χ4n) is 3.94. The van der Waals surface area contributed by atoms with Gasteiger partial charge in [-0.1, -0.05) is 24.3 Å². The lowest BCUT2D eigenvalue weighted by Crippen LogP contribution is -2.31. The first-order valence-corrected chi connectivity index (χ1v) is 10.6. The molecule has 0 fully saturated rings. The zero-order valence-corrected chi connectivity index (χ0v) is 18.6. The van der Waals surface area contributed by atoms with E-state index in [-0.39, 0.29) is 11.7 Å². The van der Waals surface area contributed by atoms with Crippen molar-refractivity contribution in [1.82, 2.24) is 19.7 Å². The van der Waals surface area contributed by atoms with Gasteiger partial charge < -0.3 is 20.5 Å². The number of nitrogens with one attached hydrogen (secondary N) is 2. The number of ether oxygens (including phenoxy) is 1. The lowest BCUT2D eigenvalue weighted by Gasteiger charge is -2.28. The maximum absolute atomic E-state index is 13.5. The van der Waals surface area contributed by atoms with Crippen LogP contribution in [0.15, 0.2) is 84.3 Å². The molecule has 2 aromatic carbocycles. The summed E-state index contributed by atoms with van der Waals surface area (Å²) in [5.41, 5.74) is 3.24. The Morgan fingerprint density at radius 1 is 1.15 bits per heavy atom. The minimum Gasteiger partial charge on any atom is -0.508 e. The summed E-state index contributed by atoms with van der Waals surface area (Å²) in [5.74, 6) is 1.47. The van der Waals surface area contributed by atoms with Crippen LogP contribution in [0.3, 0.4) is 0 Å². The smallest absolute Gasteiger partial charge is 0.255 e. The van der Waals surface area contributed by atoms with E-state index in [1.165, 1.54) is 0 Å². The highest BCUT2D eigenvalue weighted by Gasteiger charge is 2.34. The summed E-state index contributed by atoms with van der Waals surface area (Å²) in [4.78, 5) is 22.2. The summed E-state index contributed by atoms with van der Waals surface area (Å²) in [6, 6.07) is 17.2. The summed E-state index contributed by atoms with van der Waals surface area (Å²) < 4.78 is 6.99. The molecule has 3 N–H and O–H groups in total. The third-order valence-electron chi connectivity index (χ3n) is 5.55. The zero-order valence-electron chi connectivity index (χ0n) is 18.6. The van der Waals surface area contributed by atoms with Gasteiger partial charge in [0.1, 0.15) is 17.5 Å². The molecule has 0 bridgehead atoms. The van der Waals surface area contributed by atoms with Gasteiger partial charge in [0.15, 0.2) is 5.82 Å². The molecule has 4 aromatic rings. The fourth-order valence-corrected chi connectivity index (χ4v) is 3.94. The van der Waals surface area contributed by atoms with Crippen molar-refractivity contribution in [3.05, 3.63) is 89.9 Å². The number of allylic oxidation sites excluding steroid dienone is 1. The Morgan fingerprint density at radius 2 is 1.97 bits per heavy atom. The average molecular weight is 454 g/mol. The second-order valence-electron chi connectivity index (χ2n) is 7.79. The predicted molar refractivity (Wildman–Crippen MR) is 127 cm³/mol. The first-order chi connectivity index (χ1) is 16.5. The van der Waals surface area contributed by atoms with Gasteiger partial charge in [0, 0.05) is 17.5 Å². The molecule has 1 atom stereocenters. The molecule has 1 aliphatic heterocycles. The molecule has 2 aromatic heterocycles. The minimum atomic E-state index is -0.544. The molecule has 0 saturated heterocycles. The molecule has 1 aliphatic rings. The molecule has 0 unspecified atom stereocenters. The van der Waals surface area contributed by atoms with Crippen molar-refractivity contribution >= 4 is 17.5 Å². The van der Waals surface area contributed by atoms with Crippen LogP contribution in [0, 0.1) is 0 Å². The highest BCUT2D eigenvalue weighted by Crippen LogP contribution is 2.37. The van der Waals surface area contributed by atoms with E-state index in [1.54, 1.807) is 54.5 Å². The molecule has 3 heterocycles. The molecule has 1 amide bonds. The largest absolute Gasteiger partial charge is 0.508 e. The van der Waals surface area contributed by atoms with E-state index < -0.39 is 6.04 Å². The third kappa shape index (κ3) is 3.95. The van der Waals surface area contributed by atoms with Crippen molar-refractivity contribution in [3.8, 4) is 22.9 Å². The van der Waals surface area contributed by atoms with Crippen molar-refractivity contribution in [2.45, 2.75) is 13.0 Å². The number of fused-ring (bicyclic) bond motifs is 1. The predicted octanol–water partition coefficient (Wildman–Crippen LogP) is 3.98. The SMILES string of the molecule is COc1ccc([C@H]2C(C(=O)Nc3cccnc3)=C(C)Nc3nc(-c4cccc(O)c4)nn32)cc1. The second-order valence-corrected chi connectivity index (χ2v) is 7.79. The van der Waals surface area contributed by atoms with E-state index in [1.807, 2.05) is 37.3 Å². The normalized spacial score (nSPS) is 14.8. The van der Waals surface area contributed by atoms with Gasteiger partial charge >= 0.3 is 0 Å². The number of hydrogen-bond acceptors (Lipinski definition) is 7. The molecule has 34 heavy (non-hydrogen) atoms. The molecule has 9 heteroatoms. The van der Waals surface area contributed by atoms with E-state index in [0.717, 1.165) is 5.56 Å². The van der Waals surface area contributed by atoms with E-state index in [9.17, 15) is 9.90 Å². The number of aromatic nitrogens is 4. The lowest BCUT2D eigenvalue weighted by molar-refractivity contribution is -0.113. The number of amides is 1. The first-order valence-electron chi connectivity index (χ1n) is 10.6. The molecule has 0 aliphatic carbocycles. The Bertz CT molecular complexity index is 1380. The van der Waals surface area contributed by atoms with Crippen LogP contribution in [-0.4, -0.2) is 37.9 Å². The van der Waals surface area contributed by atoms with E-state index in [4.69, 9.17) is 9.84 Å². The third-order valence-corrected chi connectivity index (χ3v) is 5.55. The summed E-state index contributed by atoms with van der Waals surface area (Å²) in [5, 5.41) is 20.7. The fraction of sp³-hybridized carbons (Fsp3) is 0.120. The molecule has 9 nitrogen and oxygen atoms in total. The van der Waals surface area contributed by atoms with Crippen LogP contribution in [0.2, 0.25) is 0 Å². The van der Waals surface area contributed by atoms with Crippen LogP contribution in [0.5, 0.6) is 11.5 Å². The van der Waals surface area contributed by atoms with Gasteiger partial charge in [-0.3, -0.25) is 9.78 Å². The van der Waals surface area contributed by atoms with Gasteiger partial charge in [-0.2, -0.15) is 4.98 Å². The van der Waals surface area contributed by atoms with Gasteiger partial charge in [-0.15, -0.1) is 5.10 Å². The van der Waals surface area contributed by atoms with Gasteiger partial charge in [0.2, 0.25) is 5.95 Å². The van der Waals surface area contributed by atoms with Crippen LogP contribution in [-0.2, 0) is 4.79 Å². The van der Waals surface area contributed by atoms with Gasteiger partial charge in [0.05, 0.1) is 24.6 Å². The lowest BCUT2D eigenvalue weighted by atomic mass is 9.95. The number of nitrogens with zero attached hydrogens (tertiary/aromatic N) is 4. The molecule has 0 saturated carbocycles. The van der Waals surface area contributed by atoms with Crippen molar-refractivity contribution < 1.29 is 14.6 Å². The number of phenols is 1. The van der Waals surface area contributed by atoms with Crippen LogP contribution in [0.25, 0.3) is 11.4 Å². The average Bonchev–Trinajstić information content (AvgIpc) is 3.27. The Hall–Kier alpha value is -4.66. The van der Waals surface area contributed by atoms with Crippen molar-refractivity contribution in [3.63, 3.8) is 0 Å². The van der Waals surface area contributed by atoms with Gasteiger partial charge in [-0.25, -0.2) is 4.68 Å². The van der Waals surface area contributed by atoms with Crippen LogP contribution in [0.4, 0.5) is 11.6 Å². The Labute approximate surface area is 195 Å². The van der Waals surface area contributed by atoms with E-state index >= 15 is 0 Å².